The minimum atomic E-state index is -0.592. The Labute approximate surface area is 108 Å². The van der Waals surface area contributed by atoms with Crippen molar-refractivity contribution in [2.75, 3.05) is 0 Å². The van der Waals surface area contributed by atoms with Crippen LogP contribution in [0.4, 0.5) is 8.78 Å². The fraction of sp³-hybridized carbons (Fsp3) is 0.0714. The lowest BCUT2D eigenvalue weighted by atomic mass is 10.1. The number of halogens is 2. The van der Waals surface area contributed by atoms with E-state index in [4.69, 9.17) is 5.73 Å². The largest absolute Gasteiger partial charge is 0.324 e. The van der Waals surface area contributed by atoms with Crippen LogP contribution >= 0.6 is 0 Å². The van der Waals surface area contributed by atoms with Crippen LogP contribution in [0.15, 0.2) is 42.7 Å². The summed E-state index contributed by atoms with van der Waals surface area (Å²) in [6, 6.07) is 7.06. The Balaban J connectivity index is 2.15. The molecule has 0 aliphatic heterocycles. The number of rotatable bonds is 2. The second-order valence-electron chi connectivity index (χ2n) is 4.25. The Hall–Kier alpha value is -2.27. The number of aromatic nitrogens is 2. The molecule has 3 aromatic rings. The van der Waals surface area contributed by atoms with Gasteiger partial charge < -0.3 is 10.1 Å². The lowest BCUT2D eigenvalue weighted by Crippen LogP contribution is -2.02. The zero-order valence-corrected chi connectivity index (χ0v) is 9.98. The van der Waals surface area contributed by atoms with E-state index >= 15 is 0 Å². The molecule has 0 aliphatic rings. The van der Waals surface area contributed by atoms with Crippen LogP contribution in [-0.4, -0.2) is 9.38 Å². The van der Waals surface area contributed by atoms with Gasteiger partial charge in [-0.25, -0.2) is 13.8 Å². The monoisotopic (exact) mass is 259 g/mol. The molecule has 3 nitrogen and oxygen atoms in total. The molecule has 0 atom stereocenters. The number of imidazole rings is 1. The third kappa shape index (κ3) is 2.08. The van der Waals surface area contributed by atoms with Crippen molar-refractivity contribution < 1.29 is 8.78 Å². The van der Waals surface area contributed by atoms with E-state index in [0.29, 0.717) is 12.1 Å². The standard InChI is InChI=1S/C14H11F2N3/c15-11-3-10(4-12(16)6-11)9-1-2-19-13(5-9)8-18-14(19)7-17/h1-6,8H,7,17H2. The Morgan fingerprint density at radius 1 is 1.05 bits per heavy atom. The number of fused-ring (bicyclic) bond motifs is 1. The molecule has 2 heterocycles. The van der Waals surface area contributed by atoms with Crippen LogP contribution in [-0.2, 0) is 6.54 Å². The molecule has 5 heteroatoms. The number of benzene rings is 1. The van der Waals surface area contributed by atoms with E-state index in [1.807, 2.05) is 10.5 Å². The van der Waals surface area contributed by atoms with Gasteiger partial charge in [0.05, 0.1) is 18.3 Å². The first-order valence-corrected chi connectivity index (χ1v) is 5.80. The fourth-order valence-electron chi connectivity index (χ4n) is 2.11. The van der Waals surface area contributed by atoms with Gasteiger partial charge in [0.2, 0.25) is 0 Å². The van der Waals surface area contributed by atoms with Crippen LogP contribution in [0.2, 0.25) is 0 Å². The summed E-state index contributed by atoms with van der Waals surface area (Å²) in [5.41, 5.74) is 7.63. The molecule has 0 fully saturated rings. The van der Waals surface area contributed by atoms with Crippen molar-refractivity contribution in [3.8, 4) is 11.1 Å². The molecule has 1 aromatic carbocycles. The van der Waals surface area contributed by atoms with Crippen molar-refractivity contribution >= 4 is 5.52 Å². The van der Waals surface area contributed by atoms with E-state index in [2.05, 4.69) is 4.98 Å². The molecular weight excluding hydrogens is 248 g/mol. The van der Waals surface area contributed by atoms with Gasteiger partial charge in [-0.15, -0.1) is 0 Å². The molecule has 0 spiro atoms. The van der Waals surface area contributed by atoms with Gasteiger partial charge in [-0.1, -0.05) is 0 Å². The van der Waals surface area contributed by atoms with Crippen LogP contribution < -0.4 is 5.73 Å². The fourth-order valence-corrected chi connectivity index (χ4v) is 2.11. The molecule has 2 N–H and O–H groups in total. The Kier molecular flexibility index (Phi) is 2.76. The average molecular weight is 259 g/mol. The molecular formula is C14H11F2N3. The molecule has 0 aliphatic carbocycles. The number of hydrogen-bond acceptors (Lipinski definition) is 2. The highest BCUT2D eigenvalue weighted by molar-refractivity contribution is 5.68. The SMILES string of the molecule is NCc1ncc2cc(-c3cc(F)cc(F)c3)ccn12. The third-order valence-electron chi connectivity index (χ3n) is 2.99. The lowest BCUT2D eigenvalue weighted by molar-refractivity contribution is 0.584. The predicted octanol–water partition coefficient (Wildman–Crippen LogP) is 2.74. The smallest absolute Gasteiger partial charge is 0.127 e. The minimum Gasteiger partial charge on any atom is -0.324 e. The van der Waals surface area contributed by atoms with E-state index < -0.39 is 11.6 Å². The van der Waals surface area contributed by atoms with Crippen LogP contribution in [0.5, 0.6) is 0 Å². The topological polar surface area (TPSA) is 43.3 Å². The molecule has 2 aromatic heterocycles. The Bertz CT molecular complexity index is 729. The first-order valence-electron chi connectivity index (χ1n) is 5.80. The van der Waals surface area contributed by atoms with E-state index in [1.165, 1.54) is 12.1 Å². The van der Waals surface area contributed by atoms with Gasteiger partial charge in [0, 0.05) is 12.3 Å². The summed E-state index contributed by atoms with van der Waals surface area (Å²) in [7, 11) is 0. The van der Waals surface area contributed by atoms with E-state index in [1.54, 1.807) is 18.5 Å². The van der Waals surface area contributed by atoms with E-state index in [-0.39, 0.29) is 0 Å². The number of nitrogens with two attached hydrogens (primary N) is 1. The molecule has 0 amide bonds. The maximum atomic E-state index is 13.2. The number of nitrogens with zero attached hydrogens (tertiary/aromatic N) is 2. The minimum absolute atomic E-state index is 0.335. The summed E-state index contributed by atoms with van der Waals surface area (Å²) in [6.07, 6.45) is 3.48. The zero-order valence-electron chi connectivity index (χ0n) is 9.98. The van der Waals surface area contributed by atoms with E-state index in [0.717, 1.165) is 23.0 Å². The molecule has 19 heavy (non-hydrogen) atoms. The summed E-state index contributed by atoms with van der Waals surface area (Å²) < 4.78 is 28.3. The van der Waals surface area contributed by atoms with Gasteiger partial charge in [0.15, 0.2) is 0 Å². The first-order chi connectivity index (χ1) is 9.17. The van der Waals surface area contributed by atoms with Crippen LogP contribution in [0.3, 0.4) is 0 Å². The lowest BCUT2D eigenvalue weighted by Gasteiger charge is -2.04. The average Bonchev–Trinajstić information content (AvgIpc) is 2.79. The third-order valence-corrected chi connectivity index (χ3v) is 2.99. The Morgan fingerprint density at radius 3 is 2.47 bits per heavy atom. The van der Waals surface area contributed by atoms with Gasteiger partial charge in [-0.05, 0) is 35.4 Å². The highest BCUT2D eigenvalue weighted by Gasteiger charge is 2.06. The summed E-state index contributed by atoms with van der Waals surface area (Å²) in [4.78, 5) is 4.17. The van der Waals surface area contributed by atoms with E-state index in [9.17, 15) is 8.78 Å². The van der Waals surface area contributed by atoms with Gasteiger partial charge >= 0.3 is 0 Å². The molecule has 96 valence electrons. The van der Waals surface area contributed by atoms with Gasteiger partial charge in [0.1, 0.15) is 17.5 Å². The molecule has 0 bridgehead atoms. The van der Waals surface area contributed by atoms with Crippen LogP contribution in [0.25, 0.3) is 16.6 Å². The Morgan fingerprint density at radius 2 is 1.79 bits per heavy atom. The van der Waals surface area contributed by atoms with Gasteiger partial charge in [-0.3, -0.25) is 0 Å². The predicted molar refractivity (Wildman–Crippen MR) is 68.4 cm³/mol. The van der Waals surface area contributed by atoms with Crippen molar-refractivity contribution in [2.45, 2.75) is 6.54 Å². The maximum Gasteiger partial charge on any atom is 0.127 e. The summed E-state index contributed by atoms with van der Waals surface area (Å²) in [6.45, 7) is 0.335. The van der Waals surface area contributed by atoms with Crippen molar-refractivity contribution in [1.29, 1.82) is 0 Å². The maximum absolute atomic E-state index is 13.2. The zero-order chi connectivity index (χ0) is 13.4. The normalized spacial score (nSPS) is 11.1. The van der Waals surface area contributed by atoms with Crippen molar-refractivity contribution in [3.05, 3.63) is 60.2 Å². The van der Waals surface area contributed by atoms with Crippen molar-refractivity contribution in [1.82, 2.24) is 9.38 Å². The van der Waals surface area contributed by atoms with Crippen LogP contribution in [0.1, 0.15) is 5.82 Å². The summed E-state index contributed by atoms with van der Waals surface area (Å²) >= 11 is 0. The van der Waals surface area contributed by atoms with Gasteiger partial charge in [-0.2, -0.15) is 0 Å². The molecule has 0 saturated carbocycles. The second kappa shape index (κ2) is 4.44. The number of hydrogen-bond donors (Lipinski definition) is 1. The van der Waals surface area contributed by atoms with Crippen molar-refractivity contribution in [2.24, 2.45) is 5.73 Å². The quantitative estimate of drug-likeness (QED) is 0.769. The summed E-state index contributed by atoms with van der Waals surface area (Å²) in [5.74, 6) is -0.441. The molecule has 0 radical (unpaired) electrons. The molecule has 0 saturated heterocycles. The number of pyridine rings is 1. The summed E-state index contributed by atoms with van der Waals surface area (Å²) in [5, 5.41) is 0. The highest BCUT2D eigenvalue weighted by atomic mass is 19.1. The molecule has 0 unspecified atom stereocenters. The van der Waals surface area contributed by atoms with Crippen molar-refractivity contribution in [3.63, 3.8) is 0 Å². The van der Waals surface area contributed by atoms with Gasteiger partial charge in [0.25, 0.3) is 0 Å². The second-order valence-corrected chi connectivity index (χ2v) is 4.25. The first kappa shape index (κ1) is 11.8. The van der Waals surface area contributed by atoms with Crippen LogP contribution in [0, 0.1) is 11.6 Å². The highest BCUT2D eigenvalue weighted by Crippen LogP contribution is 2.23. The molecule has 3 rings (SSSR count).